The van der Waals surface area contributed by atoms with Gasteiger partial charge < -0.3 is 19.7 Å². The second kappa shape index (κ2) is 9.75. The molecule has 1 atom stereocenters. The van der Waals surface area contributed by atoms with E-state index in [1.165, 1.54) is 11.8 Å². The van der Waals surface area contributed by atoms with Crippen molar-refractivity contribution in [2.45, 2.75) is 13.0 Å². The fourth-order valence-corrected chi connectivity index (χ4v) is 2.30. The number of anilines is 1. The molecule has 0 bridgehead atoms. The van der Waals surface area contributed by atoms with Crippen LogP contribution in [0.25, 0.3) is 0 Å². The van der Waals surface area contributed by atoms with E-state index in [2.05, 4.69) is 5.32 Å². The van der Waals surface area contributed by atoms with Crippen LogP contribution in [0.1, 0.15) is 17.3 Å². The van der Waals surface area contributed by atoms with Gasteiger partial charge in [0.1, 0.15) is 5.75 Å². The Morgan fingerprint density at radius 1 is 1.04 bits per heavy atom. The number of carbonyl (C=O) groups is 3. The smallest absolute Gasteiger partial charge is 0.347 e. The minimum atomic E-state index is -0.884. The first-order chi connectivity index (χ1) is 13.3. The zero-order valence-electron chi connectivity index (χ0n) is 15.8. The summed E-state index contributed by atoms with van der Waals surface area (Å²) in [7, 11) is 3.31. The van der Waals surface area contributed by atoms with E-state index in [1.807, 2.05) is 0 Å². The summed E-state index contributed by atoms with van der Waals surface area (Å²) in [5, 5.41) is 3.15. The fraction of sp³-hybridized carbons (Fsp3) is 0.250. The molecule has 0 aliphatic heterocycles. The van der Waals surface area contributed by atoms with Crippen molar-refractivity contribution in [2.24, 2.45) is 0 Å². The molecule has 2 rings (SSSR count). The second-order valence-corrected chi connectivity index (χ2v) is 6.58. The van der Waals surface area contributed by atoms with Gasteiger partial charge in [-0.3, -0.25) is 9.59 Å². The lowest BCUT2D eigenvalue weighted by Gasteiger charge is -2.14. The molecule has 7 nitrogen and oxygen atoms in total. The molecular formula is C20H21ClN2O5. The normalized spacial score (nSPS) is 11.3. The molecule has 28 heavy (non-hydrogen) atoms. The van der Waals surface area contributed by atoms with Gasteiger partial charge in [-0.2, -0.15) is 0 Å². The van der Waals surface area contributed by atoms with E-state index in [4.69, 9.17) is 21.1 Å². The molecule has 0 aliphatic rings. The Balaban J connectivity index is 1.80. The van der Waals surface area contributed by atoms with E-state index in [-0.39, 0.29) is 5.91 Å². The van der Waals surface area contributed by atoms with E-state index in [1.54, 1.807) is 62.6 Å². The highest BCUT2D eigenvalue weighted by Gasteiger charge is 2.18. The Morgan fingerprint density at radius 2 is 1.64 bits per heavy atom. The zero-order chi connectivity index (χ0) is 20.7. The standard InChI is InChI=1S/C20H21ClN2O5/c1-13(28-17-10-6-15(21)7-11-17)20(26)27-12-18(24)22-16-8-4-14(5-9-16)19(25)23(2)3/h4-11,13H,12H2,1-3H3,(H,22,24)/t13-/m0/s1. The molecule has 0 heterocycles. The maximum absolute atomic E-state index is 12.0. The first-order valence-electron chi connectivity index (χ1n) is 8.46. The van der Waals surface area contributed by atoms with Crippen LogP contribution in [0.2, 0.25) is 5.02 Å². The summed E-state index contributed by atoms with van der Waals surface area (Å²) in [6.45, 7) is 1.07. The number of hydrogen-bond donors (Lipinski definition) is 1. The van der Waals surface area contributed by atoms with E-state index in [9.17, 15) is 14.4 Å². The Labute approximate surface area is 168 Å². The van der Waals surface area contributed by atoms with Crippen molar-refractivity contribution in [1.29, 1.82) is 0 Å². The number of hydrogen-bond acceptors (Lipinski definition) is 5. The molecule has 0 radical (unpaired) electrons. The van der Waals surface area contributed by atoms with E-state index in [0.29, 0.717) is 22.0 Å². The van der Waals surface area contributed by atoms with Crippen LogP contribution in [0.4, 0.5) is 5.69 Å². The molecule has 2 aromatic carbocycles. The van der Waals surface area contributed by atoms with Crippen molar-refractivity contribution < 1.29 is 23.9 Å². The quantitative estimate of drug-likeness (QED) is 0.717. The number of carbonyl (C=O) groups excluding carboxylic acids is 3. The van der Waals surface area contributed by atoms with Gasteiger partial charge in [0.25, 0.3) is 11.8 Å². The zero-order valence-corrected chi connectivity index (χ0v) is 16.5. The van der Waals surface area contributed by atoms with Crippen LogP contribution in [0.3, 0.4) is 0 Å². The molecular weight excluding hydrogens is 384 g/mol. The Hall–Kier alpha value is -3.06. The Morgan fingerprint density at radius 3 is 2.21 bits per heavy atom. The van der Waals surface area contributed by atoms with Gasteiger partial charge in [0, 0.05) is 30.4 Å². The summed E-state index contributed by atoms with van der Waals surface area (Å²) >= 11 is 5.79. The topological polar surface area (TPSA) is 84.9 Å². The molecule has 1 N–H and O–H groups in total. The van der Waals surface area contributed by atoms with E-state index in [0.717, 1.165) is 0 Å². The molecule has 0 aliphatic carbocycles. The average molecular weight is 405 g/mol. The summed E-state index contributed by atoms with van der Waals surface area (Å²) < 4.78 is 10.4. The van der Waals surface area contributed by atoms with Gasteiger partial charge in [-0.05, 0) is 55.5 Å². The van der Waals surface area contributed by atoms with Crippen LogP contribution >= 0.6 is 11.6 Å². The first-order valence-corrected chi connectivity index (χ1v) is 8.84. The molecule has 0 unspecified atom stereocenters. The average Bonchev–Trinajstić information content (AvgIpc) is 2.67. The van der Waals surface area contributed by atoms with Crippen molar-refractivity contribution in [3.05, 3.63) is 59.1 Å². The van der Waals surface area contributed by atoms with Gasteiger partial charge >= 0.3 is 5.97 Å². The molecule has 2 amide bonds. The minimum Gasteiger partial charge on any atom is -0.479 e. The van der Waals surface area contributed by atoms with Gasteiger partial charge in [-0.25, -0.2) is 4.79 Å². The fourth-order valence-electron chi connectivity index (χ4n) is 2.17. The van der Waals surface area contributed by atoms with Crippen LogP contribution in [0.5, 0.6) is 5.75 Å². The van der Waals surface area contributed by atoms with E-state index < -0.39 is 24.6 Å². The van der Waals surface area contributed by atoms with Gasteiger partial charge in [0.05, 0.1) is 0 Å². The predicted molar refractivity (Wildman–Crippen MR) is 106 cm³/mol. The predicted octanol–water partition coefficient (Wildman–Crippen LogP) is 2.99. The number of nitrogens with one attached hydrogen (secondary N) is 1. The van der Waals surface area contributed by atoms with Crippen molar-refractivity contribution >= 4 is 35.1 Å². The van der Waals surface area contributed by atoms with Gasteiger partial charge in [0.2, 0.25) is 0 Å². The number of esters is 1. The Kier molecular flexibility index (Phi) is 7.40. The van der Waals surface area contributed by atoms with Crippen molar-refractivity contribution in [3.63, 3.8) is 0 Å². The number of ether oxygens (including phenoxy) is 2. The molecule has 8 heteroatoms. The molecule has 148 valence electrons. The third-order valence-electron chi connectivity index (χ3n) is 3.63. The van der Waals surface area contributed by atoms with Gasteiger partial charge in [-0.15, -0.1) is 0 Å². The first kappa shape index (κ1) is 21.2. The summed E-state index contributed by atoms with van der Waals surface area (Å²) in [5.74, 6) is -0.845. The third-order valence-corrected chi connectivity index (χ3v) is 3.88. The second-order valence-electron chi connectivity index (χ2n) is 6.15. The van der Waals surface area contributed by atoms with Crippen molar-refractivity contribution in [1.82, 2.24) is 4.90 Å². The number of amides is 2. The lowest BCUT2D eigenvalue weighted by Crippen LogP contribution is -2.29. The van der Waals surface area contributed by atoms with Crippen LogP contribution in [0, 0.1) is 0 Å². The highest BCUT2D eigenvalue weighted by atomic mass is 35.5. The van der Waals surface area contributed by atoms with E-state index >= 15 is 0 Å². The van der Waals surface area contributed by atoms with Crippen molar-refractivity contribution in [2.75, 3.05) is 26.0 Å². The molecule has 0 saturated carbocycles. The summed E-state index contributed by atoms with van der Waals surface area (Å²) in [6, 6.07) is 12.9. The minimum absolute atomic E-state index is 0.138. The lowest BCUT2D eigenvalue weighted by molar-refractivity contribution is -0.153. The van der Waals surface area contributed by atoms with Crippen LogP contribution in [-0.2, 0) is 14.3 Å². The monoisotopic (exact) mass is 404 g/mol. The summed E-state index contributed by atoms with van der Waals surface area (Å²) in [4.78, 5) is 37.2. The highest BCUT2D eigenvalue weighted by Crippen LogP contribution is 2.17. The molecule has 0 fully saturated rings. The molecule has 0 saturated heterocycles. The van der Waals surface area contributed by atoms with Crippen molar-refractivity contribution in [3.8, 4) is 5.75 Å². The van der Waals surface area contributed by atoms with Crippen LogP contribution < -0.4 is 10.1 Å². The lowest BCUT2D eigenvalue weighted by atomic mass is 10.2. The van der Waals surface area contributed by atoms with Crippen LogP contribution in [-0.4, -0.2) is 49.5 Å². The largest absolute Gasteiger partial charge is 0.479 e. The highest BCUT2D eigenvalue weighted by molar-refractivity contribution is 6.30. The third kappa shape index (κ3) is 6.28. The maximum atomic E-state index is 12.0. The number of benzene rings is 2. The molecule has 0 spiro atoms. The van der Waals surface area contributed by atoms with Gasteiger partial charge in [0.15, 0.2) is 12.7 Å². The van der Waals surface area contributed by atoms with Crippen LogP contribution in [0.15, 0.2) is 48.5 Å². The SMILES string of the molecule is C[C@H](Oc1ccc(Cl)cc1)C(=O)OCC(=O)Nc1ccc(C(=O)N(C)C)cc1. The Bertz CT molecular complexity index is 835. The number of rotatable bonds is 7. The maximum Gasteiger partial charge on any atom is 0.347 e. The number of halogens is 1. The number of nitrogens with zero attached hydrogens (tertiary/aromatic N) is 1. The summed E-state index contributed by atoms with van der Waals surface area (Å²) in [6.07, 6.45) is -0.884. The van der Waals surface area contributed by atoms with Gasteiger partial charge in [-0.1, -0.05) is 11.6 Å². The molecule has 0 aromatic heterocycles. The molecule has 2 aromatic rings. The summed E-state index contributed by atoms with van der Waals surface area (Å²) in [5.41, 5.74) is 0.990.